The number of aliphatic hydroxyl groups excluding tert-OH is 1. The lowest BCUT2D eigenvalue weighted by Crippen LogP contribution is -2.50. The van der Waals surface area contributed by atoms with Crippen LogP contribution in [0.1, 0.15) is 98.8 Å². The predicted octanol–water partition coefficient (Wildman–Crippen LogP) is 7.41. The average Bonchev–Trinajstić information content (AvgIpc) is 3.12. The molecule has 0 spiro atoms. The van der Waals surface area contributed by atoms with E-state index >= 15 is 0 Å². The smallest absolute Gasteiger partial charge is 0.123 e. The Morgan fingerprint density at radius 2 is 1.91 bits per heavy atom. The summed E-state index contributed by atoms with van der Waals surface area (Å²) in [4.78, 5) is 4.99. The number of rotatable bonds is 7. The van der Waals surface area contributed by atoms with Crippen LogP contribution in [-0.2, 0) is 4.89 Å². The molecule has 0 heterocycles. The summed E-state index contributed by atoms with van der Waals surface area (Å²) in [6.45, 7) is 15.7. The highest BCUT2D eigenvalue weighted by Crippen LogP contribution is 2.67. The van der Waals surface area contributed by atoms with Gasteiger partial charge in [-0.05, 0) is 111 Å². The van der Waals surface area contributed by atoms with Crippen LogP contribution in [0.25, 0.3) is 0 Å². The summed E-state index contributed by atoms with van der Waals surface area (Å²) in [5.74, 6) is 4.05. The van der Waals surface area contributed by atoms with E-state index in [9.17, 15) is 10.4 Å². The molecule has 0 aromatic carbocycles. The summed E-state index contributed by atoms with van der Waals surface area (Å²) in [6, 6.07) is 0. The Labute approximate surface area is 196 Å². The summed E-state index contributed by atoms with van der Waals surface area (Å²) in [5.41, 5.74) is 1.70. The van der Waals surface area contributed by atoms with Crippen molar-refractivity contribution < 1.29 is 15.3 Å². The third-order valence-corrected chi connectivity index (χ3v) is 11.3. The fourth-order valence-electron chi connectivity index (χ4n) is 9.09. The van der Waals surface area contributed by atoms with E-state index in [1.165, 1.54) is 38.5 Å². The lowest BCUT2D eigenvalue weighted by atomic mass is 9.47. The summed E-state index contributed by atoms with van der Waals surface area (Å²) < 4.78 is 0. The maximum absolute atomic E-state index is 10.3. The van der Waals surface area contributed by atoms with Crippen molar-refractivity contribution in [2.45, 2.75) is 111 Å². The first-order chi connectivity index (χ1) is 15.1. The number of aliphatic hydroxyl groups is 1. The standard InChI is InChI=1S/C29H48O3/c1-7-29(32-31,19(2)3)17-12-20(4)24-10-11-25-23-9-8-21-18-22(30)13-15-27(21,5)26(23)14-16-28(24,25)6/h7-8,19-20,22-26,30-31H,1,9-18H2,2-6H3/t20?,22-,23-,24+,25-,26-,27-,28+,29?/m0/s1. The third kappa shape index (κ3) is 3.75. The number of hydrogen-bond acceptors (Lipinski definition) is 3. The largest absolute Gasteiger partial charge is 0.393 e. The molecule has 3 fully saturated rings. The molecule has 0 radical (unpaired) electrons. The molecule has 3 nitrogen and oxygen atoms in total. The summed E-state index contributed by atoms with van der Waals surface area (Å²) in [6.07, 6.45) is 15.9. The number of fused-ring (bicyclic) bond motifs is 5. The normalized spacial score (nSPS) is 44.1. The van der Waals surface area contributed by atoms with Crippen LogP contribution in [0.3, 0.4) is 0 Å². The number of allylic oxidation sites excluding steroid dienone is 1. The van der Waals surface area contributed by atoms with Gasteiger partial charge in [0.2, 0.25) is 0 Å². The van der Waals surface area contributed by atoms with E-state index in [1.807, 2.05) is 6.08 Å². The molecule has 2 unspecified atom stereocenters. The maximum Gasteiger partial charge on any atom is 0.123 e. The molecule has 4 aliphatic rings. The van der Waals surface area contributed by atoms with Gasteiger partial charge in [-0.25, -0.2) is 4.89 Å². The topological polar surface area (TPSA) is 49.7 Å². The lowest BCUT2D eigenvalue weighted by molar-refractivity contribution is -0.321. The number of hydrogen-bond donors (Lipinski definition) is 2. The Morgan fingerprint density at radius 1 is 1.16 bits per heavy atom. The van der Waals surface area contributed by atoms with Crippen molar-refractivity contribution in [2.24, 2.45) is 46.3 Å². The highest BCUT2D eigenvalue weighted by atomic mass is 17.1. The molecule has 0 bridgehead atoms. The van der Waals surface area contributed by atoms with Gasteiger partial charge in [-0.1, -0.05) is 52.3 Å². The Balaban J connectivity index is 1.49. The quantitative estimate of drug-likeness (QED) is 0.244. The SMILES string of the molecule is C=CC(CCC(C)[C@H]1CC[C@H]2[C@@H]3CC=C4C[C@@H](O)CC[C@]4(C)[C@H]3CC[C@]12C)(OO)C(C)C. The van der Waals surface area contributed by atoms with E-state index in [1.54, 1.807) is 5.57 Å². The zero-order valence-electron chi connectivity index (χ0n) is 21.3. The van der Waals surface area contributed by atoms with Gasteiger partial charge in [0, 0.05) is 0 Å². The van der Waals surface area contributed by atoms with Crippen molar-refractivity contribution in [2.75, 3.05) is 0 Å². The van der Waals surface area contributed by atoms with Gasteiger partial charge < -0.3 is 5.11 Å². The highest BCUT2D eigenvalue weighted by molar-refractivity contribution is 5.25. The molecular formula is C29H48O3. The molecule has 9 atom stereocenters. The Morgan fingerprint density at radius 3 is 2.56 bits per heavy atom. The molecule has 3 heteroatoms. The molecule has 4 aliphatic carbocycles. The van der Waals surface area contributed by atoms with E-state index in [0.29, 0.717) is 16.7 Å². The molecule has 0 aromatic heterocycles. The Kier molecular flexibility index (Phi) is 6.78. The summed E-state index contributed by atoms with van der Waals surface area (Å²) in [7, 11) is 0. The second-order valence-electron chi connectivity index (χ2n) is 12.8. The fourth-order valence-corrected chi connectivity index (χ4v) is 9.09. The second-order valence-corrected chi connectivity index (χ2v) is 12.8. The zero-order valence-corrected chi connectivity index (χ0v) is 21.3. The first-order valence-electron chi connectivity index (χ1n) is 13.4. The van der Waals surface area contributed by atoms with Gasteiger partial charge >= 0.3 is 0 Å². The molecular weight excluding hydrogens is 396 g/mol. The molecule has 4 rings (SSSR count). The van der Waals surface area contributed by atoms with Gasteiger partial charge in [0.15, 0.2) is 0 Å². The van der Waals surface area contributed by atoms with Crippen LogP contribution in [0.15, 0.2) is 24.3 Å². The third-order valence-electron chi connectivity index (χ3n) is 11.3. The van der Waals surface area contributed by atoms with Crippen LogP contribution in [0.4, 0.5) is 0 Å². The van der Waals surface area contributed by atoms with Crippen LogP contribution in [0.2, 0.25) is 0 Å². The van der Waals surface area contributed by atoms with Crippen molar-refractivity contribution in [3.05, 3.63) is 24.3 Å². The minimum Gasteiger partial charge on any atom is -0.393 e. The molecule has 3 saturated carbocycles. The first kappa shape index (κ1) is 24.5. The fraction of sp³-hybridized carbons (Fsp3) is 0.862. The second kappa shape index (κ2) is 8.86. The van der Waals surface area contributed by atoms with E-state index in [2.05, 4.69) is 47.3 Å². The van der Waals surface area contributed by atoms with Crippen molar-refractivity contribution >= 4 is 0 Å². The minimum atomic E-state index is -0.629. The lowest BCUT2D eigenvalue weighted by Gasteiger charge is -2.58. The van der Waals surface area contributed by atoms with Gasteiger partial charge in [0.25, 0.3) is 0 Å². The van der Waals surface area contributed by atoms with E-state index in [-0.39, 0.29) is 12.0 Å². The predicted molar refractivity (Wildman–Crippen MR) is 131 cm³/mol. The van der Waals surface area contributed by atoms with E-state index in [4.69, 9.17) is 4.89 Å². The van der Waals surface area contributed by atoms with Crippen molar-refractivity contribution in [3.8, 4) is 0 Å². The van der Waals surface area contributed by atoms with Gasteiger partial charge in [-0.15, -0.1) is 6.58 Å². The van der Waals surface area contributed by atoms with Crippen LogP contribution >= 0.6 is 0 Å². The van der Waals surface area contributed by atoms with E-state index in [0.717, 1.165) is 49.4 Å². The van der Waals surface area contributed by atoms with Gasteiger partial charge in [-0.2, -0.15) is 0 Å². The van der Waals surface area contributed by atoms with Crippen LogP contribution < -0.4 is 0 Å². The van der Waals surface area contributed by atoms with Crippen LogP contribution in [-0.4, -0.2) is 22.1 Å². The van der Waals surface area contributed by atoms with Crippen molar-refractivity contribution in [1.82, 2.24) is 0 Å². The molecule has 0 aliphatic heterocycles. The summed E-state index contributed by atoms with van der Waals surface area (Å²) >= 11 is 0. The molecule has 2 N–H and O–H groups in total. The molecule has 0 amide bonds. The van der Waals surface area contributed by atoms with Crippen molar-refractivity contribution in [3.63, 3.8) is 0 Å². The molecule has 0 saturated heterocycles. The highest BCUT2D eigenvalue weighted by Gasteiger charge is 2.59. The average molecular weight is 445 g/mol. The summed E-state index contributed by atoms with van der Waals surface area (Å²) in [5, 5.41) is 19.9. The van der Waals surface area contributed by atoms with Gasteiger partial charge in [-0.3, -0.25) is 5.26 Å². The van der Waals surface area contributed by atoms with Crippen molar-refractivity contribution in [1.29, 1.82) is 0 Å². The molecule has 182 valence electrons. The minimum absolute atomic E-state index is 0.118. The molecule has 0 aromatic rings. The maximum atomic E-state index is 10.3. The Bertz CT molecular complexity index is 728. The van der Waals surface area contributed by atoms with E-state index < -0.39 is 5.60 Å². The monoisotopic (exact) mass is 444 g/mol. The first-order valence-corrected chi connectivity index (χ1v) is 13.4. The van der Waals surface area contributed by atoms with Crippen LogP contribution in [0, 0.1) is 46.3 Å². The van der Waals surface area contributed by atoms with Gasteiger partial charge in [0.1, 0.15) is 5.60 Å². The van der Waals surface area contributed by atoms with Gasteiger partial charge in [0.05, 0.1) is 6.10 Å². The zero-order chi connectivity index (χ0) is 23.3. The Hall–Kier alpha value is -0.640. The molecule has 32 heavy (non-hydrogen) atoms. The van der Waals surface area contributed by atoms with Crippen LogP contribution in [0.5, 0.6) is 0 Å².